The van der Waals surface area contributed by atoms with Crippen LogP contribution in [0.2, 0.25) is 0 Å². The molecule has 164 valence electrons. The maximum absolute atomic E-state index is 13.1. The molecule has 1 N–H and O–H groups in total. The Morgan fingerprint density at radius 3 is 2.38 bits per heavy atom. The van der Waals surface area contributed by atoms with Crippen molar-refractivity contribution in [3.05, 3.63) is 95.3 Å². The molecule has 1 fully saturated rings. The van der Waals surface area contributed by atoms with Crippen LogP contribution in [0.5, 0.6) is 0 Å². The van der Waals surface area contributed by atoms with E-state index in [9.17, 15) is 14.0 Å². The third-order valence-electron chi connectivity index (χ3n) is 5.42. The summed E-state index contributed by atoms with van der Waals surface area (Å²) in [7, 11) is 0. The molecule has 0 saturated carbocycles. The van der Waals surface area contributed by atoms with Gasteiger partial charge in [-0.25, -0.2) is 4.39 Å². The molecule has 4 rings (SSSR count). The summed E-state index contributed by atoms with van der Waals surface area (Å²) in [5.41, 5.74) is 4.04. The van der Waals surface area contributed by atoms with Gasteiger partial charge in [-0.05, 0) is 65.1 Å². The van der Waals surface area contributed by atoms with E-state index in [1.165, 1.54) is 29.8 Å². The largest absolute Gasteiger partial charge is 0.322 e. The van der Waals surface area contributed by atoms with Crippen LogP contribution in [0.15, 0.2) is 72.8 Å². The lowest BCUT2D eigenvalue weighted by Gasteiger charge is -2.26. The Kier molecular flexibility index (Phi) is 6.07. The topological polar surface area (TPSA) is 49.4 Å². The third kappa shape index (κ3) is 4.70. The normalized spacial score (nSPS) is 16.3. The van der Waals surface area contributed by atoms with Gasteiger partial charge in [0.25, 0.3) is 5.91 Å². The molecule has 3 aromatic carbocycles. The van der Waals surface area contributed by atoms with Crippen molar-refractivity contribution in [1.82, 2.24) is 0 Å². The van der Waals surface area contributed by atoms with E-state index in [1.807, 2.05) is 35.2 Å². The Hall–Kier alpha value is -3.12. The van der Waals surface area contributed by atoms with Gasteiger partial charge in [0.15, 0.2) is 0 Å². The van der Waals surface area contributed by atoms with Crippen LogP contribution < -0.4 is 10.2 Å². The van der Waals surface area contributed by atoms with Gasteiger partial charge in [-0.15, -0.1) is 11.8 Å². The first-order valence-corrected chi connectivity index (χ1v) is 11.5. The number of halogens is 1. The summed E-state index contributed by atoms with van der Waals surface area (Å²) in [6, 6.07) is 21.1. The highest BCUT2D eigenvalue weighted by Gasteiger charge is 2.34. The molecule has 0 spiro atoms. The van der Waals surface area contributed by atoms with Gasteiger partial charge in [0, 0.05) is 16.9 Å². The number of nitrogens with one attached hydrogen (secondary N) is 1. The number of benzene rings is 3. The lowest BCUT2D eigenvalue weighted by molar-refractivity contribution is -0.115. The molecule has 1 heterocycles. The van der Waals surface area contributed by atoms with Crippen molar-refractivity contribution < 1.29 is 14.0 Å². The van der Waals surface area contributed by atoms with Crippen molar-refractivity contribution in [2.75, 3.05) is 16.0 Å². The molecule has 0 aliphatic carbocycles. The number of anilines is 2. The van der Waals surface area contributed by atoms with Crippen LogP contribution in [0.1, 0.15) is 47.6 Å². The van der Waals surface area contributed by atoms with Crippen molar-refractivity contribution >= 4 is 35.0 Å². The van der Waals surface area contributed by atoms with Gasteiger partial charge in [0.2, 0.25) is 5.91 Å². The zero-order chi connectivity index (χ0) is 22.9. The summed E-state index contributed by atoms with van der Waals surface area (Å²) in [5.74, 6) is -0.240. The zero-order valence-corrected chi connectivity index (χ0v) is 19.1. The molecular weight excluding hydrogens is 423 g/mol. The number of carbonyl (C=O) groups excluding carboxylic acids is 2. The van der Waals surface area contributed by atoms with E-state index >= 15 is 0 Å². The Balaban J connectivity index is 1.56. The van der Waals surface area contributed by atoms with E-state index < -0.39 is 0 Å². The minimum atomic E-state index is -0.387. The lowest BCUT2D eigenvalue weighted by atomic mass is 9.87. The van der Waals surface area contributed by atoms with E-state index in [0.717, 1.165) is 11.3 Å². The van der Waals surface area contributed by atoms with Gasteiger partial charge < -0.3 is 5.32 Å². The summed E-state index contributed by atoms with van der Waals surface area (Å²) in [6.07, 6.45) is 0. The molecule has 4 nitrogen and oxygen atoms in total. The summed E-state index contributed by atoms with van der Waals surface area (Å²) in [4.78, 5) is 27.0. The first-order valence-electron chi connectivity index (χ1n) is 10.4. The molecule has 32 heavy (non-hydrogen) atoms. The molecule has 6 heteroatoms. The van der Waals surface area contributed by atoms with Gasteiger partial charge in [0.05, 0.1) is 5.75 Å². The summed E-state index contributed by atoms with van der Waals surface area (Å²) < 4.78 is 13.1. The standard InChI is InChI=1S/C26H25FN2O2S/c1-26(2,3)19-9-13-22(14-10-19)29-23(30)16-32-25(29)18-5-4-6-21(15-18)28-24(31)17-7-11-20(27)12-8-17/h4-15,25H,16H2,1-3H3,(H,28,31). The van der Waals surface area contributed by atoms with Crippen LogP contribution in [0.3, 0.4) is 0 Å². The fraction of sp³-hybridized carbons (Fsp3) is 0.231. The van der Waals surface area contributed by atoms with Crippen molar-refractivity contribution in [3.8, 4) is 0 Å². The van der Waals surface area contributed by atoms with E-state index in [-0.39, 0.29) is 28.4 Å². The fourth-order valence-corrected chi connectivity index (χ4v) is 4.81. The van der Waals surface area contributed by atoms with Crippen LogP contribution in [-0.4, -0.2) is 17.6 Å². The van der Waals surface area contributed by atoms with Gasteiger partial charge >= 0.3 is 0 Å². The van der Waals surface area contributed by atoms with Crippen LogP contribution >= 0.6 is 11.8 Å². The molecule has 1 atom stereocenters. The van der Waals surface area contributed by atoms with Crippen LogP contribution in [0, 0.1) is 5.82 Å². The molecule has 0 aromatic heterocycles. The average Bonchev–Trinajstić information content (AvgIpc) is 3.15. The first-order chi connectivity index (χ1) is 15.2. The molecule has 1 aliphatic heterocycles. The predicted molar refractivity (Wildman–Crippen MR) is 129 cm³/mol. The second-order valence-corrected chi connectivity index (χ2v) is 9.88. The molecule has 3 aromatic rings. The van der Waals surface area contributed by atoms with Crippen molar-refractivity contribution in [2.45, 2.75) is 31.6 Å². The maximum atomic E-state index is 13.1. The van der Waals surface area contributed by atoms with Crippen molar-refractivity contribution in [3.63, 3.8) is 0 Å². The quantitative estimate of drug-likeness (QED) is 0.520. The maximum Gasteiger partial charge on any atom is 0.255 e. The molecule has 0 bridgehead atoms. The van der Waals surface area contributed by atoms with Gasteiger partial charge in [-0.2, -0.15) is 0 Å². The number of carbonyl (C=O) groups is 2. The Morgan fingerprint density at radius 1 is 1.03 bits per heavy atom. The predicted octanol–water partition coefficient (Wildman–Crippen LogP) is 6.15. The number of amides is 2. The Bertz CT molecular complexity index is 1140. The Morgan fingerprint density at radius 2 is 1.72 bits per heavy atom. The van der Waals surface area contributed by atoms with Crippen molar-refractivity contribution in [1.29, 1.82) is 0 Å². The Labute approximate surface area is 191 Å². The molecule has 0 radical (unpaired) electrons. The highest BCUT2D eigenvalue weighted by molar-refractivity contribution is 8.00. The highest BCUT2D eigenvalue weighted by atomic mass is 32.2. The minimum Gasteiger partial charge on any atom is -0.322 e. The number of hydrogen-bond donors (Lipinski definition) is 1. The zero-order valence-electron chi connectivity index (χ0n) is 18.3. The number of hydrogen-bond acceptors (Lipinski definition) is 3. The summed E-state index contributed by atoms with van der Waals surface area (Å²) in [5, 5.41) is 2.68. The highest BCUT2D eigenvalue weighted by Crippen LogP contribution is 2.42. The minimum absolute atomic E-state index is 0.0404. The van der Waals surface area contributed by atoms with Gasteiger partial charge in [-0.1, -0.05) is 45.0 Å². The van der Waals surface area contributed by atoms with E-state index in [1.54, 1.807) is 17.8 Å². The third-order valence-corrected chi connectivity index (χ3v) is 6.63. The second kappa shape index (κ2) is 8.79. The van der Waals surface area contributed by atoms with E-state index in [0.29, 0.717) is 17.0 Å². The van der Waals surface area contributed by atoms with Gasteiger partial charge in [0.1, 0.15) is 11.2 Å². The summed E-state index contributed by atoms with van der Waals surface area (Å²) >= 11 is 1.56. The van der Waals surface area contributed by atoms with Gasteiger partial charge in [-0.3, -0.25) is 14.5 Å². The average molecular weight is 449 g/mol. The van der Waals surface area contributed by atoms with Crippen LogP contribution in [0.25, 0.3) is 0 Å². The molecule has 2 amide bonds. The summed E-state index contributed by atoms with van der Waals surface area (Å²) in [6.45, 7) is 6.48. The monoisotopic (exact) mass is 448 g/mol. The molecule has 1 unspecified atom stereocenters. The second-order valence-electron chi connectivity index (χ2n) is 8.81. The van der Waals surface area contributed by atoms with Crippen LogP contribution in [-0.2, 0) is 10.2 Å². The smallest absolute Gasteiger partial charge is 0.255 e. The lowest BCUT2D eigenvalue weighted by Crippen LogP contribution is -2.28. The molecular formula is C26H25FN2O2S. The fourth-order valence-electron chi connectivity index (χ4n) is 3.65. The van der Waals surface area contributed by atoms with Crippen LogP contribution in [0.4, 0.5) is 15.8 Å². The first kappa shape index (κ1) is 22.1. The number of nitrogens with zero attached hydrogens (tertiary/aromatic N) is 1. The van der Waals surface area contributed by atoms with E-state index in [4.69, 9.17) is 0 Å². The van der Waals surface area contributed by atoms with Crippen molar-refractivity contribution in [2.24, 2.45) is 0 Å². The molecule has 1 saturated heterocycles. The SMILES string of the molecule is CC(C)(C)c1ccc(N2C(=O)CSC2c2cccc(NC(=O)c3ccc(F)cc3)c2)cc1. The number of rotatable bonds is 4. The van der Waals surface area contributed by atoms with E-state index in [2.05, 4.69) is 38.2 Å². The number of thioether (sulfide) groups is 1. The molecule has 1 aliphatic rings.